The van der Waals surface area contributed by atoms with Gasteiger partial charge >= 0.3 is 0 Å². The van der Waals surface area contributed by atoms with Gasteiger partial charge in [-0.1, -0.05) is 40.0 Å². The highest BCUT2D eigenvalue weighted by atomic mass is 15.2. The zero-order chi connectivity index (χ0) is 15.3. The minimum absolute atomic E-state index is 0.556. The van der Waals surface area contributed by atoms with Gasteiger partial charge in [-0.3, -0.25) is 0 Å². The van der Waals surface area contributed by atoms with Gasteiger partial charge in [-0.05, 0) is 24.7 Å². The van der Waals surface area contributed by atoms with Gasteiger partial charge in [0, 0.05) is 25.7 Å². The van der Waals surface area contributed by atoms with Crippen LogP contribution in [0, 0.1) is 5.41 Å². The van der Waals surface area contributed by atoms with Crippen molar-refractivity contribution in [1.82, 2.24) is 9.97 Å². The maximum atomic E-state index is 4.60. The Morgan fingerprint density at radius 3 is 2.33 bits per heavy atom. The maximum absolute atomic E-state index is 4.60. The number of hydrogen-bond donors (Lipinski definition) is 1. The molecule has 118 valence electrons. The average Bonchev–Trinajstić information content (AvgIpc) is 2.55. The van der Waals surface area contributed by atoms with Crippen LogP contribution < -0.4 is 10.2 Å². The topological polar surface area (TPSA) is 41.1 Å². The lowest BCUT2D eigenvalue weighted by atomic mass is 9.74. The molecule has 1 saturated heterocycles. The molecule has 4 nitrogen and oxygen atoms in total. The van der Waals surface area contributed by atoms with Crippen LogP contribution in [0.4, 0.5) is 11.6 Å². The molecule has 2 rings (SSSR count). The number of nitrogens with zero attached hydrogens (tertiary/aromatic N) is 3. The molecule has 0 spiro atoms. The average molecular weight is 290 g/mol. The summed E-state index contributed by atoms with van der Waals surface area (Å²) >= 11 is 0. The normalized spacial score (nSPS) is 17.8. The Kier molecular flexibility index (Phi) is 5.43. The largest absolute Gasteiger partial charge is 0.373 e. The molecular formula is C17H30N4. The molecule has 1 aromatic heterocycles. The van der Waals surface area contributed by atoms with E-state index in [0.29, 0.717) is 5.41 Å². The first kappa shape index (κ1) is 16.1. The van der Waals surface area contributed by atoms with E-state index in [1.54, 1.807) is 6.33 Å². The van der Waals surface area contributed by atoms with Gasteiger partial charge in [0.25, 0.3) is 0 Å². The molecule has 21 heavy (non-hydrogen) atoms. The third kappa shape index (κ3) is 3.30. The van der Waals surface area contributed by atoms with Crippen LogP contribution >= 0.6 is 0 Å². The van der Waals surface area contributed by atoms with Crippen molar-refractivity contribution in [3.05, 3.63) is 11.9 Å². The van der Waals surface area contributed by atoms with Gasteiger partial charge in [-0.15, -0.1) is 0 Å². The number of rotatable bonds is 6. The van der Waals surface area contributed by atoms with Crippen LogP contribution in [0.25, 0.3) is 0 Å². The Hall–Kier alpha value is -1.32. The van der Waals surface area contributed by atoms with Crippen LogP contribution in [0.1, 0.15) is 58.4 Å². The van der Waals surface area contributed by atoms with E-state index in [-0.39, 0.29) is 0 Å². The minimum atomic E-state index is 0.556. The van der Waals surface area contributed by atoms with Crippen LogP contribution in [0.2, 0.25) is 0 Å². The predicted octanol–water partition coefficient (Wildman–Crippen LogP) is 3.88. The molecular weight excluding hydrogens is 260 g/mol. The molecule has 0 atom stereocenters. The molecule has 1 fully saturated rings. The molecule has 0 radical (unpaired) electrons. The van der Waals surface area contributed by atoms with E-state index in [1.807, 2.05) is 7.05 Å². The molecule has 2 heterocycles. The number of hydrogen-bond acceptors (Lipinski definition) is 4. The smallest absolute Gasteiger partial charge is 0.137 e. The van der Waals surface area contributed by atoms with E-state index in [9.17, 15) is 0 Å². The van der Waals surface area contributed by atoms with E-state index in [2.05, 4.69) is 41.0 Å². The Labute approximate surface area is 129 Å². The lowest BCUT2D eigenvalue weighted by molar-refractivity contribution is 0.199. The van der Waals surface area contributed by atoms with Crippen LogP contribution in [-0.4, -0.2) is 30.1 Å². The van der Waals surface area contributed by atoms with Crippen molar-refractivity contribution in [2.45, 2.75) is 59.3 Å². The molecule has 0 aliphatic carbocycles. The highest BCUT2D eigenvalue weighted by Gasteiger charge is 2.32. The molecule has 1 aromatic rings. The number of aromatic nitrogens is 2. The summed E-state index contributed by atoms with van der Waals surface area (Å²) in [5.74, 6) is 2.14. The van der Waals surface area contributed by atoms with Gasteiger partial charge in [0.2, 0.25) is 0 Å². The van der Waals surface area contributed by atoms with Gasteiger partial charge < -0.3 is 10.2 Å². The number of anilines is 2. The lowest BCUT2D eigenvalue weighted by Gasteiger charge is -2.42. The Morgan fingerprint density at radius 1 is 1.14 bits per heavy atom. The van der Waals surface area contributed by atoms with Crippen molar-refractivity contribution in [2.75, 3.05) is 30.4 Å². The first-order chi connectivity index (χ1) is 10.2. The molecule has 1 N–H and O–H groups in total. The second kappa shape index (κ2) is 7.10. The van der Waals surface area contributed by atoms with Gasteiger partial charge in [0.05, 0.1) is 0 Å². The van der Waals surface area contributed by atoms with Crippen LogP contribution in [0.5, 0.6) is 0 Å². The summed E-state index contributed by atoms with van der Waals surface area (Å²) in [7, 11) is 1.95. The second-order valence-corrected chi connectivity index (χ2v) is 6.22. The van der Waals surface area contributed by atoms with E-state index >= 15 is 0 Å². The third-order valence-electron chi connectivity index (χ3n) is 5.28. The number of piperidine rings is 1. The van der Waals surface area contributed by atoms with Gasteiger partial charge in [0.1, 0.15) is 18.0 Å². The molecule has 0 bridgehead atoms. The Morgan fingerprint density at radius 2 is 1.81 bits per heavy atom. The van der Waals surface area contributed by atoms with E-state index in [0.717, 1.165) is 37.6 Å². The van der Waals surface area contributed by atoms with Crippen LogP contribution in [0.15, 0.2) is 6.33 Å². The fourth-order valence-corrected chi connectivity index (χ4v) is 3.52. The second-order valence-electron chi connectivity index (χ2n) is 6.22. The Balaban J connectivity index is 2.20. The van der Waals surface area contributed by atoms with Crippen molar-refractivity contribution in [1.29, 1.82) is 0 Å². The maximum Gasteiger partial charge on any atom is 0.137 e. The minimum Gasteiger partial charge on any atom is -0.373 e. The zero-order valence-corrected chi connectivity index (χ0v) is 14.1. The fraction of sp³-hybridized carbons (Fsp3) is 0.765. The number of nitrogens with one attached hydrogen (secondary N) is 1. The van der Waals surface area contributed by atoms with Crippen LogP contribution in [-0.2, 0) is 6.42 Å². The highest BCUT2D eigenvalue weighted by Crippen LogP contribution is 2.39. The molecule has 0 unspecified atom stereocenters. The van der Waals surface area contributed by atoms with Crippen LogP contribution in [0.3, 0.4) is 0 Å². The van der Waals surface area contributed by atoms with Crippen molar-refractivity contribution in [2.24, 2.45) is 5.41 Å². The first-order valence-electron chi connectivity index (χ1n) is 8.46. The summed E-state index contributed by atoms with van der Waals surface area (Å²) in [4.78, 5) is 11.5. The molecule has 0 saturated carbocycles. The first-order valence-corrected chi connectivity index (χ1v) is 8.46. The summed E-state index contributed by atoms with van der Waals surface area (Å²) in [5.41, 5.74) is 1.84. The van der Waals surface area contributed by atoms with E-state index < -0.39 is 0 Å². The summed E-state index contributed by atoms with van der Waals surface area (Å²) in [5, 5.41) is 3.22. The molecule has 4 heteroatoms. The van der Waals surface area contributed by atoms with Crippen molar-refractivity contribution in [3.8, 4) is 0 Å². The van der Waals surface area contributed by atoms with Gasteiger partial charge in [0.15, 0.2) is 0 Å². The molecule has 1 aliphatic rings. The summed E-state index contributed by atoms with van der Waals surface area (Å²) in [6.45, 7) is 9.14. The standard InChI is InChI=1S/C17H30N4/c1-5-8-14-15(18-4)19-13-20-16(14)21-11-9-17(6-2,7-3)10-12-21/h13H,5-12H2,1-4H3,(H,18,19,20). The van der Waals surface area contributed by atoms with Crippen molar-refractivity contribution in [3.63, 3.8) is 0 Å². The van der Waals surface area contributed by atoms with Gasteiger partial charge in [-0.25, -0.2) is 9.97 Å². The van der Waals surface area contributed by atoms with E-state index in [1.165, 1.54) is 31.2 Å². The monoisotopic (exact) mass is 290 g/mol. The molecule has 0 aromatic carbocycles. The lowest BCUT2D eigenvalue weighted by Crippen LogP contribution is -2.40. The zero-order valence-electron chi connectivity index (χ0n) is 14.1. The van der Waals surface area contributed by atoms with Crippen molar-refractivity contribution >= 4 is 11.6 Å². The summed E-state index contributed by atoms with van der Waals surface area (Å²) in [6.07, 6.45) is 9.01. The van der Waals surface area contributed by atoms with Crippen molar-refractivity contribution < 1.29 is 0 Å². The summed E-state index contributed by atoms with van der Waals surface area (Å²) < 4.78 is 0. The quantitative estimate of drug-likeness (QED) is 0.863. The van der Waals surface area contributed by atoms with E-state index in [4.69, 9.17) is 0 Å². The Bertz CT molecular complexity index is 444. The summed E-state index contributed by atoms with van der Waals surface area (Å²) in [6, 6.07) is 0. The SMILES string of the molecule is CCCc1c(NC)ncnc1N1CCC(CC)(CC)CC1. The third-order valence-corrected chi connectivity index (χ3v) is 5.28. The molecule has 0 amide bonds. The van der Waals surface area contributed by atoms with Gasteiger partial charge in [-0.2, -0.15) is 0 Å². The fourth-order valence-electron chi connectivity index (χ4n) is 3.52. The highest BCUT2D eigenvalue weighted by molar-refractivity contribution is 5.58. The predicted molar refractivity (Wildman–Crippen MR) is 90.0 cm³/mol. The molecule has 1 aliphatic heterocycles.